The Morgan fingerprint density at radius 1 is 1.08 bits per heavy atom. The van der Waals surface area contributed by atoms with Gasteiger partial charge in [-0.05, 0) is 30.2 Å². The lowest BCUT2D eigenvalue weighted by Gasteiger charge is -2.14. The molecule has 26 heavy (non-hydrogen) atoms. The second-order valence-corrected chi connectivity index (χ2v) is 6.22. The number of amides is 1. The average Bonchev–Trinajstić information content (AvgIpc) is 2.68. The molecule has 1 heterocycles. The van der Waals surface area contributed by atoms with Gasteiger partial charge in [0.15, 0.2) is 0 Å². The Bertz CT molecular complexity index is 886. The molecule has 0 saturated heterocycles. The highest BCUT2D eigenvalue weighted by Crippen LogP contribution is 2.17. The number of hydrogen-bond donors (Lipinski definition) is 2. The van der Waals surface area contributed by atoms with Crippen molar-refractivity contribution in [2.24, 2.45) is 0 Å². The number of nitrogens with zero attached hydrogens (tertiary/aromatic N) is 2. The predicted molar refractivity (Wildman–Crippen MR) is 103 cm³/mol. The van der Waals surface area contributed by atoms with Gasteiger partial charge in [-0.25, -0.2) is 9.97 Å². The number of carbonyl (C=O) groups excluding carboxylic acids is 1. The van der Waals surface area contributed by atoms with Crippen LogP contribution in [0.1, 0.15) is 34.6 Å². The van der Waals surface area contributed by atoms with Crippen molar-refractivity contribution >= 4 is 23.5 Å². The zero-order chi connectivity index (χ0) is 18.4. The lowest BCUT2D eigenvalue weighted by atomic mass is 10.1. The first kappa shape index (κ1) is 17.9. The van der Waals surface area contributed by atoms with E-state index in [9.17, 15) is 4.79 Å². The molecule has 5 nitrogen and oxygen atoms in total. The zero-order valence-corrected chi connectivity index (χ0v) is 15.1. The number of nitrogens with one attached hydrogen (secondary N) is 2. The molecule has 0 bridgehead atoms. The van der Waals surface area contributed by atoms with Crippen LogP contribution >= 0.6 is 11.6 Å². The Labute approximate surface area is 157 Å². The van der Waals surface area contributed by atoms with Crippen LogP contribution in [-0.4, -0.2) is 15.9 Å². The van der Waals surface area contributed by atoms with Crippen LogP contribution in [0.5, 0.6) is 0 Å². The Morgan fingerprint density at radius 2 is 1.81 bits per heavy atom. The molecule has 2 aromatic carbocycles. The molecule has 6 heteroatoms. The van der Waals surface area contributed by atoms with E-state index in [2.05, 4.69) is 20.6 Å². The summed E-state index contributed by atoms with van der Waals surface area (Å²) in [6, 6.07) is 19.0. The van der Waals surface area contributed by atoms with Crippen molar-refractivity contribution in [2.45, 2.75) is 19.5 Å². The van der Waals surface area contributed by atoms with E-state index in [1.165, 1.54) is 0 Å². The van der Waals surface area contributed by atoms with E-state index in [0.29, 0.717) is 23.2 Å². The summed E-state index contributed by atoms with van der Waals surface area (Å²) in [6.07, 6.45) is 1.57. The van der Waals surface area contributed by atoms with E-state index in [1.807, 2.05) is 55.5 Å². The number of halogens is 1. The van der Waals surface area contributed by atoms with Crippen LogP contribution in [0.15, 0.2) is 66.9 Å². The van der Waals surface area contributed by atoms with Crippen molar-refractivity contribution in [1.29, 1.82) is 0 Å². The normalized spacial score (nSPS) is 11.6. The van der Waals surface area contributed by atoms with Crippen molar-refractivity contribution < 1.29 is 4.79 Å². The Hall–Kier alpha value is -2.92. The number of benzene rings is 2. The Balaban J connectivity index is 1.65. The van der Waals surface area contributed by atoms with Gasteiger partial charge in [0.2, 0.25) is 5.95 Å². The molecular weight excluding hydrogens is 348 g/mol. The van der Waals surface area contributed by atoms with Crippen molar-refractivity contribution in [3.8, 4) is 0 Å². The van der Waals surface area contributed by atoms with E-state index < -0.39 is 0 Å². The Kier molecular flexibility index (Phi) is 5.81. The number of rotatable bonds is 6. The molecule has 0 saturated carbocycles. The lowest BCUT2D eigenvalue weighted by Crippen LogP contribution is -2.24. The van der Waals surface area contributed by atoms with Crippen LogP contribution in [0.3, 0.4) is 0 Å². The van der Waals surface area contributed by atoms with E-state index in [1.54, 1.807) is 18.3 Å². The molecule has 0 radical (unpaired) electrons. The summed E-state index contributed by atoms with van der Waals surface area (Å²) in [4.78, 5) is 20.9. The summed E-state index contributed by atoms with van der Waals surface area (Å²) in [5.41, 5.74) is 2.27. The van der Waals surface area contributed by atoms with Crippen LogP contribution in [0.4, 0.5) is 5.95 Å². The molecule has 0 aliphatic rings. The lowest BCUT2D eigenvalue weighted by molar-refractivity contribution is 0.0946. The summed E-state index contributed by atoms with van der Waals surface area (Å²) in [7, 11) is 0. The summed E-state index contributed by atoms with van der Waals surface area (Å²) < 4.78 is 0. The third kappa shape index (κ3) is 4.58. The van der Waals surface area contributed by atoms with Gasteiger partial charge in [0.05, 0.1) is 6.04 Å². The summed E-state index contributed by atoms with van der Waals surface area (Å²) in [6.45, 7) is 2.36. The maximum absolute atomic E-state index is 12.4. The molecular formula is C20H19ClN4O. The Morgan fingerprint density at radius 3 is 2.58 bits per heavy atom. The smallest absolute Gasteiger partial charge is 0.270 e. The standard InChI is InChI=1S/C20H19ClN4O/c1-14(15-7-3-2-4-8-15)24-20-22-12-11-18(25-20)19(26)23-13-16-9-5-6-10-17(16)21/h2-12,14H,13H2,1H3,(H,23,26)(H,22,24,25). The molecule has 0 fully saturated rings. The minimum absolute atomic E-state index is 0.0256. The molecule has 132 valence electrons. The largest absolute Gasteiger partial charge is 0.348 e. The van der Waals surface area contributed by atoms with Gasteiger partial charge in [0.25, 0.3) is 5.91 Å². The first-order valence-corrected chi connectivity index (χ1v) is 8.67. The highest BCUT2D eigenvalue weighted by Gasteiger charge is 2.11. The van der Waals surface area contributed by atoms with Crippen LogP contribution in [0.25, 0.3) is 0 Å². The highest BCUT2D eigenvalue weighted by atomic mass is 35.5. The fourth-order valence-corrected chi connectivity index (χ4v) is 2.68. The van der Waals surface area contributed by atoms with Crippen molar-refractivity contribution in [1.82, 2.24) is 15.3 Å². The fraction of sp³-hybridized carbons (Fsp3) is 0.150. The molecule has 1 amide bonds. The molecule has 0 spiro atoms. The maximum Gasteiger partial charge on any atom is 0.270 e. The van der Waals surface area contributed by atoms with Crippen molar-refractivity contribution in [3.63, 3.8) is 0 Å². The second-order valence-electron chi connectivity index (χ2n) is 5.82. The van der Waals surface area contributed by atoms with Crippen LogP contribution < -0.4 is 10.6 Å². The van der Waals surface area contributed by atoms with Gasteiger partial charge in [0, 0.05) is 17.8 Å². The minimum atomic E-state index is -0.275. The number of hydrogen-bond acceptors (Lipinski definition) is 4. The average molecular weight is 367 g/mol. The SMILES string of the molecule is CC(Nc1nccc(C(=O)NCc2ccccc2Cl)n1)c1ccccc1. The number of anilines is 1. The highest BCUT2D eigenvalue weighted by molar-refractivity contribution is 6.31. The molecule has 1 aromatic heterocycles. The summed E-state index contributed by atoms with van der Waals surface area (Å²) in [5.74, 6) is 0.134. The zero-order valence-electron chi connectivity index (χ0n) is 14.3. The van der Waals surface area contributed by atoms with Gasteiger partial charge in [-0.1, -0.05) is 60.1 Å². The molecule has 3 aromatic rings. The quantitative estimate of drug-likeness (QED) is 0.685. The first-order chi connectivity index (χ1) is 12.6. The minimum Gasteiger partial charge on any atom is -0.348 e. The van der Waals surface area contributed by atoms with Gasteiger partial charge in [0.1, 0.15) is 5.69 Å². The van der Waals surface area contributed by atoms with E-state index >= 15 is 0 Å². The number of aromatic nitrogens is 2. The van der Waals surface area contributed by atoms with Gasteiger partial charge in [-0.15, -0.1) is 0 Å². The molecule has 0 aliphatic carbocycles. The van der Waals surface area contributed by atoms with Crippen LogP contribution in [0.2, 0.25) is 5.02 Å². The topological polar surface area (TPSA) is 66.9 Å². The third-order valence-electron chi connectivity index (χ3n) is 3.93. The van der Waals surface area contributed by atoms with E-state index in [4.69, 9.17) is 11.6 Å². The van der Waals surface area contributed by atoms with Crippen LogP contribution in [-0.2, 0) is 6.54 Å². The summed E-state index contributed by atoms with van der Waals surface area (Å²) >= 11 is 6.11. The van der Waals surface area contributed by atoms with Crippen molar-refractivity contribution in [2.75, 3.05) is 5.32 Å². The molecule has 1 unspecified atom stereocenters. The van der Waals surface area contributed by atoms with Gasteiger partial charge in [-0.3, -0.25) is 4.79 Å². The molecule has 0 aliphatic heterocycles. The third-order valence-corrected chi connectivity index (χ3v) is 4.30. The molecule has 3 rings (SSSR count). The predicted octanol–water partition coefficient (Wildman–Crippen LogP) is 4.23. The summed E-state index contributed by atoms with van der Waals surface area (Å²) in [5, 5.41) is 6.66. The van der Waals surface area contributed by atoms with Crippen molar-refractivity contribution in [3.05, 3.63) is 88.7 Å². The second kappa shape index (κ2) is 8.45. The molecule has 1 atom stereocenters. The van der Waals surface area contributed by atoms with E-state index in [0.717, 1.165) is 11.1 Å². The van der Waals surface area contributed by atoms with Gasteiger partial charge in [-0.2, -0.15) is 0 Å². The maximum atomic E-state index is 12.4. The molecule has 2 N–H and O–H groups in total. The first-order valence-electron chi connectivity index (χ1n) is 8.29. The van der Waals surface area contributed by atoms with Gasteiger partial charge >= 0.3 is 0 Å². The monoisotopic (exact) mass is 366 g/mol. The van der Waals surface area contributed by atoms with Gasteiger partial charge < -0.3 is 10.6 Å². The van der Waals surface area contributed by atoms with E-state index in [-0.39, 0.29) is 11.9 Å². The fourth-order valence-electron chi connectivity index (χ4n) is 2.48. The van der Waals surface area contributed by atoms with Crippen LogP contribution in [0, 0.1) is 0 Å². The number of carbonyl (C=O) groups is 1.